The molecule has 180 valence electrons. The van der Waals surface area contributed by atoms with E-state index in [1.54, 1.807) is 12.1 Å². The maximum atomic E-state index is 12.8. The Hall–Kier alpha value is -3.13. The maximum Gasteiger partial charge on any atom is 0.251 e. The van der Waals surface area contributed by atoms with Gasteiger partial charge in [0.25, 0.3) is 5.91 Å². The van der Waals surface area contributed by atoms with Gasteiger partial charge in [-0.25, -0.2) is 0 Å². The van der Waals surface area contributed by atoms with Gasteiger partial charge in [0.1, 0.15) is 0 Å². The van der Waals surface area contributed by atoms with Crippen LogP contribution < -0.4 is 10.6 Å². The summed E-state index contributed by atoms with van der Waals surface area (Å²) in [5, 5.41) is 15.4. The second-order valence-corrected chi connectivity index (χ2v) is 9.70. The highest BCUT2D eigenvalue weighted by atomic mass is 32.2. The Morgan fingerprint density at radius 1 is 0.971 bits per heavy atom. The van der Waals surface area contributed by atoms with E-state index in [9.17, 15) is 9.59 Å². The van der Waals surface area contributed by atoms with Gasteiger partial charge in [0.05, 0.1) is 11.8 Å². The lowest BCUT2D eigenvalue weighted by atomic mass is 10.0. The standard InChI is InChI=1S/C26H33N5O2S/c1-6-31-24(23(18(4)5)28-25(33)20-10-8-7-9-11-20)29-30-26(31)34-16-22(32)27-21-14-12-19(13-15-21)17(2)3/h7-15,17-18,23H,6,16H2,1-5H3,(H,27,32)(H,28,33)/t23-/m0/s1. The number of nitrogens with one attached hydrogen (secondary N) is 2. The number of aromatic nitrogens is 3. The minimum atomic E-state index is -0.303. The van der Waals surface area contributed by atoms with E-state index in [0.29, 0.717) is 29.0 Å². The van der Waals surface area contributed by atoms with Crippen molar-refractivity contribution in [2.75, 3.05) is 11.1 Å². The van der Waals surface area contributed by atoms with Gasteiger partial charge in [-0.1, -0.05) is 69.8 Å². The summed E-state index contributed by atoms with van der Waals surface area (Å²) in [6, 6.07) is 16.7. The Morgan fingerprint density at radius 2 is 1.65 bits per heavy atom. The summed E-state index contributed by atoms with van der Waals surface area (Å²) in [6.45, 7) is 11.0. The first-order valence-corrected chi connectivity index (χ1v) is 12.6. The fraction of sp³-hybridized carbons (Fsp3) is 0.385. The van der Waals surface area contributed by atoms with Crippen molar-refractivity contribution in [2.24, 2.45) is 5.92 Å². The Labute approximate surface area is 205 Å². The number of thioether (sulfide) groups is 1. The molecule has 3 rings (SSSR count). The number of rotatable bonds is 10. The third kappa shape index (κ3) is 6.47. The number of benzene rings is 2. The molecule has 0 fully saturated rings. The average Bonchev–Trinajstić information content (AvgIpc) is 3.24. The van der Waals surface area contributed by atoms with Crippen molar-refractivity contribution in [1.29, 1.82) is 0 Å². The molecule has 2 aromatic carbocycles. The molecule has 1 atom stereocenters. The van der Waals surface area contributed by atoms with E-state index in [4.69, 9.17) is 0 Å². The largest absolute Gasteiger partial charge is 0.342 e. The highest BCUT2D eigenvalue weighted by Crippen LogP contribution is 2.26. The normalized spacial score (nSPS) is 12.1. The lowest BCUT2D eigenvalue weighted by Crippen LogP contribution is -2.33. The molecule has 1 heterocycles. The van der Waals surface area contributed by atoms with Gasteiger partial charge in [-0.2, -0.15) is 0 Å². The summed E-state index contributed by atoms with van der Waals surface area (Å²) < 4.78 is 1.96. The summed E-state index contributed by atoms with van der Waals surface area (Å²) in [6.07, 6.45) is 0. The van der Waals surface area contributed by atoms with Crippen molar-refractivity contribution in [1.82, 2.24) is 20.1 Å². The monoisotopic (exact) mass is 479 g/mol. The Bertz CT molecular complexity index is 1090. The van der Waals surface area contributed by atoms with Crippen LogP contribution in [0.25, 0.3) is 0 Å². The lowest BCUT2D eigenvalue weighted by molar-refractivity contribution is -0.113. The second-order valence-electron chi connectivity index (χ2n) is 8.76. The fourth-order valence-corrected chi connectivity index (χ4v) is 4.37. The number of hydrogen-bond donors (Lipinski definition) is 2. The van der Waals surface area contributed by atoms with Gasteiger partial charge in [-0.05, 0) is 48.6 Å². The number of hydrogen-bond acceptors (Lipinski definition) is 5. The third-order valence-electron chi connectivity index (χ3n) is 5.52. The van der Waals surface area contributed by atoms with E-state index in [2.05, 4.69) is 34.7 Å². The van der Waals surface area contributed by atoms with Crippen molar-refractivity contribution < 1.29 is 9.59 Å². The van der Waals surface area contributed by atoms with Crippen LogP contribution in [-0.2, 0) is 11.3 Å². The van der Waals surface area contributed by atoms with E-state index in [0.717, 1.165) is 5.69 Å². The molecule has 34 heavy (non-hydrogen) atoms. The molecule has 0 aliphatic carbocycles. The first-order valence-electron chi connectivity index (χ1n) is 11.6. The predicted octanol–water partition coefficient (Wildman–Crippen LogP) is 5.28. The summed E-state index contributed by atoms with van der Waals surface area (Å²) in [5.41, 5.74) is 2.61. The minimum absolute atomic E-state index is 0.104. The van der Waals surface area contributed by atoms with Crippen molar-refractivity contribution in [3.8, 4) is 0 Å². The maximum absolute atomic E-state index is 12.8. The molecule has 0 radical (unpaired) electrons. The van der Waals surface area contributed by atoms with Crippen molar-refractivity contribution in [3.63, 3.8) is 0 Å². The number of carbonyl (C=O) groups is 2. The number of amides is 2. The Kier molecular flexibility index (Phi) is 8.87. The zero-order valence-electron chi connectivity index (χ0n) is 20.4. The van der Waals surface area contributed by atoms with E-state index in [1.807, 2.05) is 67.8 Å². The minimum Gasteiger partial charge on any atom is -0.342 e. The van der Waals surface area contributed by atoms with E-state index in [-0.39, 0.29) is 29.5 Å². The third-order valence-corrected chi connectivity index (χ3v) is 6.49. The van der Waals surface area contributed by atoms with Crippen molar-refractivity contribution in [2.45, 2.75) is 58.3 Å². The number of anilines is 1. The Balaban J connectivity index is 1.67. The summed E-state index contributed by atoms with van der Waals surface area (Å²) in [5.74, 6) is 1.20. The van der Waals surface area contributed by atoms with Crippen LogP contribution in [0.4, 0.5) is 5.69 Å². The first-order chi connectivity index (χ1) is 16.3. The van der Waals surface area contributed by atoms with Gasteiger partial charge < -0.3 is 15.2 Å². The van der Waals surface area contributed by atoms with Crippen LogP contribution in [-0.4, -0.2) is 32.3 Å². The smallest absolute Gasteiger partial charge is 0.251 e. The molecule has 0 unspecified atom stereocenters. The van der Waals surface area contributed by atoms with Crippen molar-refractivity contribution in [3.05, 3.63) is 71.5 Å². The molecule has 2 N–H and O–H groups in total. The van der Waals surface area contributed by atoms with E-state index < -0.39 is 0 Å². The number of nitrogens with zero attached hydrogens (tertiary/aromatic N) is 3. The molecular weight excluding hydrogens is 446 g/mol. The van der Waals surface area contributed by atoms with Crippen LogP contribution in [0.1, 0.15) is 68.3 Å². The molecule has 3 aromatic rings. The zero-order chi connectivity index (χ0) is 24.7. The fourth-order valence-electron chi connectivity index (χ4n) is 3.56. The molecule has 0 aliphatic rings. The average molecular weight is 480 g/mol. The Morgan fingerprint density at radius 3 is 2.24 bits per heavy atom. The molecule has 1 aromatic heterocycles. The van der Waals surface area contributed by atoms with Crippen LogP contribution in [0, 0.1) is 5.92 Å². The quantitative estimate of drug-likeness (QED) is 0.386. The molecule has 8 heteroatoms. The van der Waals surface area contributed by atoms with Crippen LogP contribution >= 0.6 is 11.8 Å². The molecule has 0 saturated carbocycles. The molecule has 0 bridgehead atoms. The SMILES string of the molecule is CCn1c(SCC(=O)Nc2ccc(C(C)C)cc2)nnc1[C@@H](NC(=O)c1ccccc1)C(C)C. The molecule has 2 amide bonds. The highest BCUT2D eigenvalue weighted by molar-refractivity contribution is 7.99. The summed E-state index contributed by atoms with van der Waals surface area (Å²) in [4.78, 5) is 25.3. The lowest BCUT2D eigenvalue weighted by Gasteiger charge is -2.22. The summed E-state index contributed by atoms with van der Waals surface area (Å²) >= 11 is 1.34. The van der Waals surface area contributed by atoms with Gasteiger partial charge in [-0.15, -0.1) is 10.2 Å². The topological polar surface area (TPSA) is 88.9 Å². The van der Waals surface area contributed by atoms with E-state index in [1.165, 1.54) is 17.3 Å². The highest BCUT2D eigenvalue weighted by Gasteiger charge is 2.26. The second kappa shape index (κ2) is 11.8. The van der Waals surface area contributed by atoms with Crippen molar-refractivity contribution >= 4 is 29.3 Å². The van der Waals surface area contributed by atoms with Gasteiger partial charge >= 0.3 is 0 Å². The molecule has 0 saturated heterocycles. The van der Waals surface area contributed by atoms with Crippen LogP contribution in [0.5, 0.6) is 0 Å². The van der Waals surface area contributed by atoms with E-state index >= 15 is 0 Å². The van der Waals surface area contributed by atoms with Gasteiger partial charge in [0.2, 0.25) is 5.91 Å². The number of carbonyl (C=O) groups excluding carboxylic acids is 2. The van der Waals surface area contributed by atoms with Crippen LogP contribution in [0.15, 0.2) is 59.8 Å². The first kappa shape index (κ1) is 25.5. The zero-order valence-corrected chi connectivity index (χ0v) is 21.2. The molecule has 0 aliphatic heterocycles. The molecule has 7 nitrogen and oxygen atoms in total. The van der Waals surface area contributed by atoms with Gasteiger partial charge in [-0.3, -0.25) is 9.59 Å². The predicted molar refractivity (Wildman–Crippen MR) is 137 cm³/mol. The van der Waals surface area contributed by atoms with Gasteiger partial charge in [0, 0.05) is 17.8 Å². The molecule has 0 spiro atoms. The van der Waals surface area contributed by atoms with Gasteiger partial charge in [0.15, 0.2) is 11.0 Å². The van der Waals surface area contributed by atoms with Crippen LogP contribution in [0.3, 0.4) is 0 Å². The van der Waals surface area contributed by atoms with Crippen LogP contribution in [0.2, 0.25) is 0 Å². The molecular formula is C26H33N5O2S. The summed E-state index contributed by atoms with van der Waals surface area (Å²) in [7, 11) is 0.